The van der Waals surface area contributed by atoms with E-state index in [1.807, 2.05) is 0 Å². The highest BCUT2D eigenvalue weighted by Gasteiger charge is 2.31. The Bertz CT molecular complexity index is 856. The van der Waals surface area contributed by atoms with Crippen LogP contribution in [0.15, 0.2) is 47.5 Å². The highest BCUT2D eigenvalue weighted by molar-refractivity contribution is 7.89. The predicted octanol–water partition coefficient (Wildman–Crippen LogP) is 1.50. The smallest absolute Gasteiger partial charge is 0.337 e. The Labute approximate surface area is 151 Å². The number of methoxy groups -OCH3 is 1. The van der Waals surface area contributed by atoms with Crippen molar-refractivity contribution in [2.45, 2.75) is 23.8 Å². The van der Waals surface area contributed by atoms with Gasteiger partial charge in [-0.15, -0.1) is 5.10 Å². The lowest BCUT2D eigenvalue weighted by Gasteiger charge is -2.31. The van der Waals surface area contributed by atoms with E-state index >= 15 is 0 Å². The number of hydrogen-bond donors (Lipinski definition) is 0. The van der Waals surface area contributed by atoms with Crippen molar-refractivity contribution in [3.8, 4) is 5.88 Å². The lowest BCUT2D eigenvalue weighted by Crippen LogP contribution is -2.44. The Hall–Kier alpha value is -2.52. The SMILES string of the molecule is COC(=O)c1ccc(S(=O)(=O)N2CCCC(Oc3cccnn3)C2)cc1. The van der Waals surface area contributed by atoms with Crippen LogP contribution < -0.4 is 4.74 Å². The number of rotatable bonds is 5. The second-order valence-electron chi connectivity index (χ2n) is 5.82. The summed E-state index contributed by atoms with van der Waals surface area (Å²) in [5.41, 5.74) is 0.300. The van der Waals surface area contributed by atoms with Crippen LogP contribution in [0.1, 0.15) is 23.2 Å². The molecule has 26 heavy (non-hydrogen) atoms. The van der Waals surface area contributed by atoms with Crippen molar-refractivity contribution in [2.24, 2.45) is 0 Å². The van der Waals surface area contributed by atoms with E-state index in [0.29, 0.717) is 24.4 Å². The summed E-state index contributed by atoms with van der Waals surface area (Å²) in [7, 11) is -2.40. The quantitative estimate of drug-likeness (QED) is 0.728. The highest BCUT2D eigenvalue weighted by atomic mass is 32.2. The molecule has 9 heteroatoms. The number of sulfonamides is 1. The summed E-state index contributed by atoms with van der Waals surface area (Å²) >= 11 is 0. The molecule has 1 unspecified atom stereocenters. The summed E-state index contributed by atoms with van der Waals surface area (Å²) in [6.45, 7) is 0.652. The number of hydrogen-bond acceptors (Lipinski definition) is 7. The molecule has 0 aliphatic carbocycles. The average Bonchev–Trinajstić information content (AvgIpc) is 2.68. The van der Waals surface area contributed by atoms with Crippen molar-refractivity contribution < 1.29 is 22.7 Å². The van der Waals surface area contributed by atoms with Gasteiger partial charge in [-0.2, -0.15) is 9.40 Å². The largest absolute Gasteiger partial charge is 0.472 e. The summed E-state index contributed by atoms with van der Waals surface area (Å²) in [6, 6.07) is 9.10. The minimum absolute atomic E-state index is 0.130. The Morgan fingerprint density at radius 1 is 1.23 bits per heavy atom. The molecular formula is C17H19N3O5S. The number of esters is 1. The number of ether oxygens (including phenoxy) is 2. The molecule has 8 nitrogen and oxygen atoms in total. The zero-order chi connectivity index (χ0) is 18.6. The minimum atomic E-state index is -3.67. The standard InChI is InChI=1S/C17H19N3O5S/c1-24-17(21)13-6-8-15(9-7-13)26(22,23)20-11-3-4-14(12-20)25-16-5-2-10-18-19-16/h2,5-10,14H,3-4,11-12H2,1H3. The predicted molar refractivity (Wildman–Crippen MR) is 92.2 cm³/mol. The van der Waals surface area contributed by atoms with Gasteiger partial charge in [-0.3, -0.25) is 0 Å². The maximum absolute atomic E-state index is 12.9. The van der Waals surface area contributed by atoms with E-state index in [4.69, 9.17) is 4.74 Å². The zero-order valence-electron chi connectivity index (χ0n) is 14.2. The topological polar surface area (TPSA) is 98.7 Å². The molecule has 1 fully saturated rings. The maximum Gasteiger partial charge on any atom is 0.337 e. The maximum atomic E-state index is 12.9. The van der Waals surface area contributed by atoms with E-state index in [1.165, 1.54) is 35.7 Å². The molecule has 0 amide bonds. The molecule has 3 rings (SSSR count). The van der Waals surface area contributed by atoms with Gasteiger partial charge in [0.25, 0.3) is 0 Å². The van der Waals surface area contributed by atoms with E-state index in [0.717, 1.165) is 6.42 Å². The van der Waals surface area contributed by atoms with Gasteiger partial charge in [0, 0.05) is 18.8 Å². The van der Waals surface area contributed by atoms with Crippen LogP contribution in [0.3, 0.4) is 0 Å². The number of aromatic nitrogens is 2. The number of nitrogens with zero attached hydrogens (tertiary/aromatic N) is 3. The van der Waals surface area contributed by atoms with Gasteiger partial charge in [-0.25, -0.2) is 13.2 Å². The first-order chi connectivity index (χ1) is 12.5. The molecule has 0 N–H and O–H groups in total. The fourth-order valence-corrected chi connectivity index (χ4v) is 4.28. The summed E-state index contributed by atoms with van der Waals surface area (Å²) in [5.74, 6) is -0.136. The van der Waals surface area contributed by atoms with Gasteiger partial charge < -0.3 is 9.47 Å². The van der Waals surface area contributed by atoms with Crippen LogP contribution >= 0.6 is 0 Å². The molecule has 0 spiro atoms. The molecule has 1 saturated heterocycles. The molecule has 2 heterocycles. The van der Waals surface area contributed by atoms with Gasteiger partial charge in [-0.05, 0) is 43.2 Å². The van der Waals surface area contributed by atoms with Gasteiger partial charge in [0.15, 0.2) is 0 Å². The van der Waals surface area contributed by atoms with Gasteiger partial charge >= 0.3 is 5.97 Å². The van der Waals surface area contributed by atoms with Crippen molar-refractivity contribution in [3.63, 3.8) is 0 Å². The fourth-order valence-electron chi connectivity index (χ4n) is 2.77. The van der Waals surface area contributed by atoms with E-state index in [9.17, 15) is 13.2 Å². The average molecular weight is 377 g/mol. The van der Waals surface area contributed by atoms with Crippen molar-refractivity contribution in [2.75, 3.05) is 20.2 Å². The highest BCUT2D eigenvalue weighted by Crippen LogP contribution is 2.23. The molecule has 138 valence electrons. The molecule has 1 aliphatic heterocycles. The monoisotopic (exact) mass is 377 g/mol. The van der Waals surface area contributed by atoms with Crippen molar-refractivity contribution in [1.82, 2.24) is 14.5 Å². The first-order valence-electron chi connectivity index (χ1n) is 8.13. The van der Waals surface area contributed by atoms with Crippen LogP contribution in [-0.4, -0.2) is 55.2 Å². The second kappa shape index (κ2) is 7.79. The summed E-state index contributed by atoms with van der Waals surface area (Å²) < 4.78 is 37.5. The van der Waals surface area contributed by atoms with Crippen LogP contribution in [0.2, 0.25) is 0 Å². The van der Waals surface area contributed by atoms with Gasteiger partial charge in [0.05, 0.1) is 24.1 Å². The van der Waals surface area contributed by atoms with Gasteiger partial charge in [0.2, 0.25) is 15.9 Å². The minimum Gasteiger partial charge on any atom is -0.472 e. The van der Waals surface area contributed by atoms with Crippen LogP contribution in [0.4, 0.5) is 0 Å². The number of carbonyl (C=O) groups is 1. The molecule has 0 bridgehead atoms. The Morgan fingerprint density at radius 2 is 2.00 bits per heavy atom. The summed E-state index contributed by atoms with van der Waals surface area (Å²) in [4.78, 5) is 11.6. The van der Waals surface area contributed by atoms with Gasteiger partial charge in [0.1, 0.15) is 6.10 Å². The molecule has 1 aliphatic rings. The van der Waals surface area contributed by atoms with Crippen molar-refractivity contribution >= 4 is 16.0 Å². The van der Waals surface area contributed by atoms with Crippen molar-refractivity contribution in [1.29, 1.82) is 0 Å². The third kappa shape index (κ3) is 4.00. The van der Waals surface area contributed by atoms with Crippen LogP contribution in [0.5, 0.6) is 5.88 Å². The summed E-state index contributed by atoms with van der Waals surface area (Å²) in [5, 5.41) is 7.62. The molecule has 0 radical (unpaired) electrons. The molecular weight excluding hydrogens is 358 g/mol. The zero-order valence-corrected chi connectivity index (χ0v) is 15.1. The molecule has 0 saturated carbocycles. The first-order valence-corrected chi connectivity index (χ1v) is 9.57. The number of carbonyl (C=O) groups excluding carboxylic acids is 1. The molecule has 1 atom stereocenters. The lowest BCUT2D eigenvalue weighted by atomic mass is 10.1. The Kier molecular flexibility index (Phi) is 5.48. The third-order valence-electron chi connectivity index (χ3n) is 4.09. The number of benzene rings is 1. The third-order valence-corrected chi connectivity index (χ3v) is 5.97. The van der Waals surface area contributed by atoms with E-state index in [2.05, 4.69) is 14.9 Å². The van der Waals surface area contributed by atoms with E-state index < -0.39 is 16.0 Å². The fraction of sp³-hybridized carbons (Fsp3) is 0.353. The first kappa shape index (κ1) is 18.3. The number of piperidine rings is 1. The Balaban J connectivity index is 1.73. The van der Waals surface area contributed by atoms with E-state index in [-0.39, 0.29) is 17.5 Å². The lowest BCUT2D eigenvalue weighted by molar-refractivity contribution is 0.0600. The van der Waals surface area contributed by atoms with Crippen LogP contribution in [0.25, 0.3) is 0 Å². The van der Waals surface area contributed by atoms with Gasteiger partial charge in [-0.1, -0.05) is 0 Å². The van der Waals surface area contributed by atoms with E-state index in [1.54, 1.807) is 18.3 Å². The normalized spacial score (nSPS) is 18.3. The molecule has 1 aromatic carbocycles. The van der Waals surface area contributed by atoms with Crippen LogP contribution in [-0.2, 0) is 14.8 Å². The van der Waals surface area contributed by atoms with Crippen molar-refractivity contribution in [3.05, 3.63) is 48.2 Å². The Morgan fingerprint density at radius 3 is 2.65 bits per heavy atom. The molecule has 2 aromatic rings. The second-order valence-corrected chi connectivity index (χ2v) is 7.76. The molecule has 1 aromatic heterocycles. The summed E-state index contributed by atoms with van der Waals surface area (Å²) in [6.07, 6.45) is 2.68. The van der Waals surface area contributed by atoms with Crippen LogP contribution in [0, 0.1) is 0 Å².